The molecule has 0 saturated heterocycles. The van der Waals surface area contributed by atoms with E-state index >= 15 is 0 Å². The van der Waals surface area contributed by atoms with E-state index in [1.54, 1.807) is 0 Å². The van der Waals surface area contributed by atoms with E-state index in [0.717, 1.165) is 17.0 Å². The maximum absolute atomic E-state index is 4.53. The van der Waals surface area contributed by atoms with E-state index in [0.29, 0.717) is 4.32 Å². The molecule has 2 aromatic heterocycles. The summed E-state index contributed by atoms with van der Waals surface area (Å²) in [6.07, 6.45) is 1.98. The molecular weight excluding hydrogens is 289 g/mol. The summed E-state index contributed by atoms with van der Waals surface area (Å²) in [5, 5.41) is 0. The fourth-order valence-electron chi connectivity index (χ4n) is 1.99. The van der Waals surface area contributed by atoms with Crippen LogP contribution >= 0.6 is 0 Å². The van der Waals surface area contributed by atoms with Crippen LogP contribution in [0.1, 0.15) is 5.56 Å². The number of rotatable bonds is 1. The third-order valence-electron chi connectivity index (χ3n) is 2.86. The average Bonchev–Trinajstić information content (AvgIpc) is 2.38. The van der Waals surface area contributed by atoms with E-state index in [1.165, 1.54) is 5.56 Å². The molecule has 0 radical (unpaired) electrons. The summed E-state index contributed by atoms with van der Waals surface area (Å²) in [5.74, 6) is 0.910. The van der Waals surface area contributed by atoms with E-state index in [4.69, 9.17) is 0 Å². The SMILES string of the molecule is Cc1ccccc1-c1nc(=[Se])nc2ccccn12. The molecule has 18 heavy (non-hydrogen) atoms. The molecule has 1 aromatic carbocycles. The minimum absolute atomic E-state index is 0.666. The van der Waals surface area contributed by atoms with Crippen molar-refractivity contribution >= 4 is 21.2 Å². The molecule has 0 unspecified atom stereocenters. The van der Waals surface area contributed by atoms with Gasteiger partial charge in [0.15, 0.2) is 0 Å². The number of hydrogen-bond donors (Lipinski definition) is 0. The second-order valence-electron chi connectivity index (χ2n) is 4.07. The van der Waals surface area contributed by atoms with Crippen molar-refractivity contribution in [1.82, 2.24) is 14.4 Å². The molecule has 2 heterocycles. The van der Waals surface area contributed by atoms with Crippen molar-refractivity contribution in [3.05, 3.63) is 58.5 Å². The Morgan fingerprint density at radius 3 is 2.61 bits per heavy atom. The van der Waals surface area contributed by atoms with Gasteiger partial charge in [-0.1, -0.05) is 0 Å². The van der Waals surface area contributed by atoms with E-state index in [2.05, 4.69) is 44.6 Å². The Balaban J connectivity index is 2.42. The molecule has 0 N–H and O–H groups in total. The van der Waals surface area contributed by atoms with Crippen LogP contribution in [-0.2, 0) is 0 Å². The van der Waals surface area contributed by atoms with Crippen LogP contribution in [0.4, 0.5) is 0 Å². The second-order valence-corrected chi connectivity index (χ2v) is 4.84. The summed E-state index contributed by atoms with van der Waals surface area (Å²) in [6.45, 7) is 2.09. The monoisotopic (exact) mass is 301 g/mol. The summed E-state index contributed by atoms with van der Waals surface area (Å²) < 4.78 is 2.67. The number of fused-ring (bicyclic) bond motifs is 1. The Morgan fingerprint density at radius 1 is 1.00 bits per heavy atom. The topological polar surface area (TPSA) is 30.2 Å². The van der Waals surface area contributed by atoms with E-state index in [-0.39, 0.29) is 0 Å². The standard InChI is InChI=1S/C14H11N3Se/c1-10-6-2-3-7-11(10)13-16-14(18)15-12-8-4-5-9-17(12)13/h2-9H,1H3. The molecule has 0 atom stereocenters. The van der Waals surface area contributed by atoms with Crippen molar-refractivity contribution in [3.63, 3.8) is 0 Å². The van der Waals surface area contributed by atoms with Crippen molar-refractivity contribution in [2.45, 2.75) is 6.92 Å². The molecule has 0 fully saturated rings. The fraction of sp³-hybridized carbons (Fsp3) is 0.0714. The number of benzene rings is 1. The van der Waals surface area contributed by atoms with Gasteiger partial charge in [0.2, 0.25) is 0 Å². The Hall–Kier alpha value is -1.77. The quantitative estimate of drug-likeness (QED) is 0.646. The first-order chi connectivity index (χ1) is 8.75. The predicted molar refractivity (Wildman–Crippen MR) is 72.2 cm³/mol. The van der Waals surface area contributed by atoms with E-state index < -0.39 is 0 Å². The van der Waals surface area contributed by atoms with Crippen LogP contribution < -0.4 is 0 Å². The molecule has 0 spiro atoms. The van der Waals surface area contributed by atoms with Crippen molar-refractivity contribution in [1.29, 1.82) is 0 Å². The van der Waals surface area contributed by atoms with Gasteiger partial charge in [-0.25, -0.2) is 0 Å². The van der Waals surface area contributed by atoms with Gasteiger partial charge in [0.1, 0.15) is 0 Å². The van der Waals surface area contributed by atoms with Crippen LogP contribution in [0.5, 0.6) is 0 Å². The second kappa shape index (κ2) is 4.48. The first-order valence-corrected chi connectivity index (χ1v) is 6.53. The molecule has 3 aromatic rings. The Bertz CT molecular complexity index is 777. The Kier molecular flexibility index (Phi) is 2.82. The third kappa shape index (κ3) is 1.90. The van der Waals surface area contributed by atoms with Crippen molar-refractivity contribution in [2.75, 3.05) is 0 Å². The van der Waals surface area contributed by atoms with Crippen LogP contribution in [-0.4, -0.2) is 29.9 Å². The molecule has 0 bridgehead atoms. The Labute approximate surface area is 113 Å². The molecule has 3 rings (SSSR count). The molecule has 0 aliphatic carbocycles. The van der Waals surface area contributed by atoms with E-state index in [1.807, 2.05) is 40.9 Å². The number of hydrogen-bond acceptors (Lipinski definition) is 2. The van der Waals surface area contributed by atoms with Crippen LogP contribution in [0.3, 0.4) is 0 Å². The summed E-state index contributed by atoms with van der Waals surface area (Å²) in [6, 6.07) is 14.2. The zero-order chi connectivity index (χ0) is 12.5. The number of pyridine rings is 1. The molecule has 0 aliphatic heterocycles. The molecule has 0 amide bonds. The average molecular weight is 300 g/mol. The maximum atomic E-state index is 4.53. The van der Waals surface area contributed by atoms with Crippen molar-refractivity contribution in [2.24, 2.45) is 0 Å². The van der Waals surface area contributed by atoms with Gasteiger partial charge < -0.3 is 0 Å². The summed E-state index contributed by atoms with van der Waals surface area (Å²) in [4.78, 5) is 8.92. The molecule has 4 heteroatoms. The molecule has 88 valence electrons. The van der Waals surface area contributed by atoms with Crippen LogP contribution in [0.15, 0.2) is 48.7 Å². The fourth-order valence-corrected chi connectivity index (χ4v) is 2.36. The first kappa shape index (κ1) is 11.3. The van der Waals surface area contributed by atoms with Gasteiger partial charge in [-0.3, -0.25) is 0 Å². The van der Waals surface area contributed by atoms with Crippen molar-refractivity contribution < 1.29 is 0 Å². The number of aryl methyl sites for hydroxylation is 1. The predicted octanol–water partition coefficient (Wildman–Crippen LogP) is 2.41. The van der Waals surface area contributed by atoms with Gasteiger partial charge in [-0.2, -0.15) is 0 Å². The Morgan fingerprint density at radius 2 is 1.78 bits per heavy atom. The molecule has 0 aliphatic rings. The molecular formula is C14H11N3Se. The van der Waals surface area contributed by atoms with Gasteiger partial charge in [0.25, 0.3) is 0 Å². The van der Waals surface area contributed by atoms with Gasteiger partial charge in [0.05, 0.1) is 0 Å². The summed E-state index contributed by atoms with van der Waals surface area (Å²) in [7, 11) is 0. The summed E-state index contributed by atoms with van der Waals surface area (Å²) >= 11 is 2.89. The van der Waals surface area contributed by atoms with Gasteiger partial charge in [0, 0.05) is 0 Å². The normalized spacial score (nSPS) is 10.7. The zero-order valence-electron chi connectivity index (χ0n) is 9.87. The minimum atomic E-state index is 0.666. The van der Waals surface area contributed by atoms with Gasteiger partial charge >= 0.3 is 112 Å². The third-order valence-corrected chi connectivity index (χ3v) is 3.25. The number of nitrogens with zero attached hydrogens (tertiary/aromatic N) is 3. The van der Waals surface area contributed by atoms with E-state index in [9.17, 15) is 0 Å². The van der Waals surface area contributed by atoms with Crippen LogP contribution in [0.25, 0.3) is 17.0 Å². The van der Waals surface area contributed by atoms with Crippen LogP contribution in [0, 0.1) is 11.2 Å². The van der Waals surface area contributed by atoms with Gasteiger partial charge in [-0.05, 0) is 0 Å². The zero-order valence-corrected chi connectivity index (χ0v) is 11.6. The molecule has 0 saturated carbocycles. The number of aromatic nitrogens is 3. The first-order valence-electron chi connectivity index (χ1n) is 5.67. The van der Waals surface area contributed by atoms with Crippen molar-refractivity contribution in [3.8, 4) is 11.4 Å². The van der Waals surface area contributed by atoms with Gasteiger partial charge in [-0.15, -0.1) is 0 Å². The summed E-state index contributed by atoms with van der Waals surface area (Å²) in [5.41, 5.74) is 3.21. The molecule has 3 nitrogen and oxygen atoms in total. The van der Waals surface area contributed by atoms with Crippen LogP contribution in [0.2, 0.25) is 0 Å².